The summed E-state index contributed by atoms with van der Waals surface area (Å²) in [5.74, 6) is 0.392. The second-order valence-electron chi connectivity index (χ2n) is 5.99. The zero-order valence-electron chi connectivity index (χ0n) is 12.2. The summed E-state index contributed by atoms with van der Waals surface area (Å²) < 4.78 is 1.28. The fraction of sp³-hybridized carbons (Fsp3) is 0.471. The van der Waals surface area contributed by atoms with Gasteiger partial charge in [0, 0.05) is 11.1 Å². The second kappa shape index (κ2) is 5.30. The molecule has 0 amide bonds. The van der Waals surface area contributed by atoms with Gasteiger partial charge in [-0.25, -0.2) is 0 Å². The van der Waals surface area contributed by atoms with Crippen molar-refractivity contribution in [1.82, 2.24) is 4.90 Å². The lowest BCUT2D eigenvalue weighted by atomic mass is 9.87. The molecule has 0 radical (unpaired) electrons. The lowest BCUT2D eigenvalue weighted by Gasteiger charge is -2.34. The minimum absolute atomic E-state index is 0.219. The van der Waals surface area contributed by atoms with Gasteiger partial charge in [-0.2, -0.15) is 0 Å². The number of rotatable bonds is 4. The van der Waals surface area contributed by atoms with E-state index in [0.717, 1.165) is 12.8 Å². The van der Waals surface area contributed by atoms with Gasteiger partial charge in [0.15, 0.2) is 5.78 Å². The van der Waals surface area contributed by atoms with E-state index in [1.807, 2.05) is 0 Å². The van der Waals surface area contributed by atoms with Crippen LogP contribution in [-0.2, 0) is 11.2 Å². The molecule has 1 aromatic heterocycles. The van der Waals surface area contributed by atoms with E-state index >= 15 is 0 Å². The molecule has 0 saturated heterocycles. The van der Waals surface area contributed by atoms with Crippen molar-refractivity contribution in [2.75, 3.05) is 14.1 Å². The Bertz CT molecular complexity index is 623. The number of thiophene rings is 1. The minimum Gasteiger partial charge on any atom is -0.297 e. The Kier molecular flexibility index (Phi) is 3.65. The monoisotopic (exact) mass is 287 g/mol. The number of ketones is 1. The fourth-order valence-electron chi connectivity index (χ4n) is 3.44. The number of Topliss-reactive ketones (excluding diaryl/α,β-unsaturated/α-hetero) is 1. The van der Waals surface area contributed by atoms with E-state index < -0.39 is 0 Å². The summed E-state index contributed by atoms with van der Waals surface area (Å²) >= 11 is 1.74. The van der Waals surface area contributed by atoms with Crippen molar-refractivity contribution < 1.29 is 4.79 Å². The first kappa shape index (κ1) is 13.8. The van der Waals surface area contributed by atoms with E-state index in [4.69, 9.17) is 0 Å². The molecule has 0 bridgehead atoms. The Morgan fingerprint density at radius 1 is 1.25 bits per heavy atom. The first-order valence-electron chi connectivity index (χ1n) is 7.29. The Hall–Kier alpha value is -1.19. The molecule has 20 heavy (non-hydrogen) atoms. The van der Waals surface area contributed by atoms with Crippen LogP contribution >= 0.6 is 11.3 Å². The molecule has 2 aromatic rings. The van der Waals surface area contributed by atoms with Crippen LogP contribution in [0.4, 0.5) is 0 Å². The average molecular weight is 287 g/mol. The second-order valence-corrected chi connectivity index (χ2v) is 6.90. The number of carbonyl (C=O) groups excluding carboxylic acids is 1. The van der Waals surface area contributed by atoms with Gasteiger partial charge < -0.3 is 0 Å². The number of benzene rings is 1. The molecule has 1 aliphatic rings. The highest BCUT2D eigenvalue weighted by atomic mass is 32.1. The topological polar surface area (TPSA) is 20.3 Å². The van der Waals surface area contributed by atoms with E-state index in [1.165, 1.54) is 28.5 Å². The van der Waals surface area contributed by atoms with Crippen LogP contribution in [0.3, 0.4) is 0 Å². The maximum Gasteiger partial charge on any atom is 0.157 e. The Labute approximate surface area is 124 Å². The minimum atomic E-state index is -0.219. The van der Waals surface area contributed by atoms with Crippen molar-refractivity contribution in [3.8, 4) is 0 Å². The number of likely N-dealkylation sites (N-methyl/N-ethyl adjacent to an activating group) is 1. The molecule has 1 aliphatic carbocycles. The summed E-state index contributed by atoms with van der Waals surface area (Å²) in [6, 6.07) is 8.37. The van der Waals surface area contributed by atoms with Crippen LogP contribution in [0.1, 0.15) is 31.2 Å². The summed E-state index contributed by atoms with van der Waals surface area (Å²) in [5, 5.41) is 3.40. The summed E-state index contributed by atoms with van der Waals surface area (Å²) in [4.78, 5) is 15.0. The first-order chi connectivity index (χ1) is 9.63. The molecule has 0 N–H and O–H groups in total. The molecular weight excluding hydrogens is 266 g/mol. The predicted molar refractivity (Wildman–Crippen MR) is 85.4 cm³/mol. The molecule has 0 spiro atoms. The van der Waals surface area contributed by atoms with Crippen molar-refractivity contribution in [2.24, 2.45) is 0 Å². The fourth-order valence-corrected chi connectivity index (χ4v) is 4.41. The molecule has 106 valence electrons. The number of hydrogen-bond acceptors (Lipinski definition) is 3. The summed E-state index contributed by atoms with van der Waals surface area (Å²) in [7, 11) is 4.10. The SMILES string of the molecule is CN(C)C1(C(=O)Cc2csc3ccccc23)CCCC1. The zero-order chi connectivity index (χ0) is 14.2. The summed E-state index contributed by atoms with van der Waals surface area (Å²) in [6.45, 7) is 0. The van der Waals surface area contributed by atoms with Crippen molar-refractivity contribution in [2.45, 2.75) is 37.6 Å². The average Bonchev–Trinajstić information content (AvgIpc) is 3.07. The lowest BCUT2D eigenvalue weighted by molar-refractivity contribution is -0.128. The van der Waals surface area contributed by atoms with Crippen molar-refractivity contribution in [3.63, 3.8) is 0 Å². The molecule has 0 atom stereocenters. The lowest BCUT2D eigenvalue weighted by Crippen LogP contribution is -2.49. The van der Waals surface area contributed by atoms with Crippen LogP contribution in [0.15, 0.2) is 29.6 Å². The van der Waals surface area contributed by atoms with Gasteiger partial charge in [-0.15, -0.1) is 11.3 Å². The van der Waals surface area contributed by atoms with Gasteiger partial charge in [-0.1, -0.05) is 31.0 Å². The molecule has 3 rings (SSSR count). The largest absolute Gasteiger partial charge is 0.297 e. The molecule has 1 saturated carbocycles. The maximum atomic E-state index is 12.9. The Morgan fingerprint density at radius 3 is 2.65 bits per heavy atom. The molecule has 1 fully saturated rings. The van der Waals surface area contributed by atoms with Gasteiger partial charge in [0.1, 0.15) is 0 Å². The van der Waals surface area contributed by atoms with Crippen molar-refractivity contribution in [1.29, 1.82) is 0 Å². The highest BCUT2D eigenvalue weighted by molar-refractivity contribution is 7.17. The summed E-state index contributed by atoms with van der Waals surface area (Å²) in [6.07, 6.45) is 4.95. The summed E-state index contributed by atoms with van der Waals surface area (Å²) in [5.41, 5.74) is 0.979. The van der Waals surface area contributed by atoms with Crippen LogP contribution in [0.2, 0.25) is 0 Å². The van der Waals surface area contributed by atoms with Crippen molar-refractivity contribution in [3.05, 3.63) is 35.2 Å². The van der Waals surface area contributed by atoms with Gasteiger partial charge in [0.05, 0.1) is 5.54 Å². The van der Waals surface area contributed by atoms with Crippen LogP contribution in [0, 0.1) is 0 Å². The molecule has 1 heterocycles. The quantitative estimate of drug-likeness (QED) is 0.850. The first-order valence-corrected chi connectivity index (χ1v) is 8.17. The van der Waals surface area contributed by atoms with Crippen LogP contribution in [0.5, 0.6) is 0 Å². The third kappa shape index (κ3) is 2.19. The number of nitrogens with zero attached hydrogens (tertiary/aromatic N) is 1. The molecular formula is C17H21NOS. The molecule has 1 aromatic carbocycles. The van der Waals surface area contributed by atoms with Crippen molar-refractivity contribution >= 4 is 27.2 Å². The van der Waals surface area contributed by atoms with E-state index in [9.17, 15) is 4.79 Å². The van der Waals surface area contributed by atoms with Gasteiger partial charge in [0.2, 0.25) is 0 Å². The Morgan fingerprint density at radius 2 is 1.95 bits per heavy atom. The van der Waals surface area contributed by atoms with E-state index in [-0.39, 0.29) is 5.54 Å². The van der Waals surface area contributed by atoms with Gasteiger partial charge in [0.25, 0.3) is 0 Å². The number of fused-ring (bicyclic) bond motifs is 1. The molecule has 0 unspecified atom stereocenters. The van der Waals surface area contributed by atoms with Crippen LogP contribution in [0.25, 0.3) is 10.1 Å². The molecule has 2 nitrogen and oxygen atoms in total. The highest BCUT2D eigenvalue weighted by Gasteiger charge is 2.42. The van der Waals surface area contributed by atoms with Crippen LogP contribution < -0.4 is 0 Å². The number of hydrogen-bond donors (Lipinski definition) is 0. The predicted octanol–water partition coefficient (Wildman–Crippen LogP) is 3.89. The normalized spacial score (nSPS) is 17.9. The maximum absolute atomic E-state index is 12.9. The van der Waals surface area contributed by atoms with E-state index in [2.05, 4.69) is 48.6 Å². The highest BCUT2D eigenvalue weighted by Crippen LogP contribution is 2.36. The van der Waals surface area contributed by atoms with Gasteiger partial charge >= 0.3 is 0 Å². The third-order valence-electron chi connectivity index (χ3n) is 4.72. The van der Waals surface area contributed by atoms with E-state index in [0.29, 0.717) is 12.2 Å². The van der Waals surface area contributed by atoms with Crippen LogP contribution in [-0.4, -0.2) is 30.3 Å². The van der Waals surface area contributed by atoms with Gasteiger partial charge in [-0.05, 0) is 49.3 Å². The standard InChI is InChI=1S/C17H21NOS/c1-18(2)17(9-5-6-10-17)16(19)11-13-12-20-15-8-4-3-7-14(13)15/h3-4,7-8,12H,5-6,9-11H2,1-2H3. The molecule has 3 heteroatoms. The number of carbonyl (C=O) groups is 1. The molecule has 0 aliphatic heterocycles. The third-order valence-corrected chi connectivity index (χ3v) is 5.73. The van der Waals surface area contributed by atoms with Gasteiger partial charge in [-0.3, -0.25) is 9.69 Å². The smallest absolute Gasteiger partial charge is 0.157 e. The Balaban J connectivity index is 1.88. The van der Waals surface area contributed by atoms with E-state index in [1.54, 1.807) is 11.3 Å². The zero-order valence-corrected chi connectivity index (χ0v) is 13.0.